The number of pyridine rings is 1. The Labute approximate surface area is 107 Å². The van der Waals surface area contributed by atoms with Gasteiger partial charge in [-0.25, -0.2) is 0 Å². The van der Waals surface area contributed by atoms with Crippen molar-refractivity contribution in [2.75, 3.05) is 19.5 Å². The van der Waals surface area contributed by atoms with E-state index in [0.29, 0.717) is 5.75 Å². The van der Waals surface area contributed by atoms with E-state index >= 15 is 0 Å². The molecule has 0 fully saturated rings. The molecule has 0 radical (unpaired) electrons. The Morgan fingerprint density at radius 3 is 2.61 bits per heavy atom. The fraction of sp³-hybridized carbons (Fsp3) is 0.214. The summed E-state index contributed by atoms with van der Waals surface area (Å²) >= 11 is 0. The van der Waals surface area contributed by atoms with Crippen LogP contribution in [0.4, 0.5) is 5.69 Å². The second-order valence-corrected chi connectivity index (χ2v) is 3.78. The smallest absolute Gasteiger partial charge is 0.162 e. The molecule has 18 heavy (non-hydrogen) atoms. The van der Waals surface area contributed by atoms with Gasteiger partial charge in [-0.05, 0) is 23.8 Å². The summed E-state index contributed by atoms with van der Waals surface area (Å²) in [7, 11) is 3.25. The number of nitrogens with one attached hydrogen (secondary N) is 1. The van der Waals surface area contributed by atoms with Crippen molar-refractivity contribution in [3.05, 3.63) is 48.3 Å². The number of rotatable bonds is 5. The highest BCUT2D eigenvalue weighted by atomic mass is 16.5. The number of methoxy groups -OCH3 is 2. The molecule has 0 saturated heterocycles. The number of hydrogen-bond acceptors (Lipinski definition) is 4. The van der Waals surface area contributed by atoms with E-state index in [4.69, 9.17) is 9.47 Å². The van der Waals surface area contributed by atoms with Crippen LogP contribution in [-0.4, -0.2) is 19.2 Å². The minimum atomic E-state index is 0.716. The van der Waals surface area contributed by atoms with Crippen LogP contribution in [0.25, 0.3) is 0 Å². The van der Waals surface area contributed by atoms with Gasteiger partial charge in [0.25, 0.3) is 0 Å². The molecule has 4 nitrogen and oxygen atoms in total. The molecule has 1 N–H and O–H groups in total. The van der Waals surface area contributed by atoms with Crippen LogP contribution in [0, 0.1) is 0 Å². The van der Waals surface area contributed by atoms with Crippen LogP contribution < -0.4 is 14.8 Å². The average Bonchev–Trinajstić information content (AvgIpc) is 2.45. The number of nitrogens with zero attached hydrogens (tertiary/aromatic N) is 1. The topological polar surface area (TPSA) is 43.4 Å². The van der Waals surface area contributed by atoms with E-state index < -0.39 is 0 Å². The standard InChI is InChI=1S/C14H16N2O2/c1-17-13-6-5-12(8-14(13)18-2)16-10-11-4-3-7-15-9-11/h3-9,16H,10H2,1-2H3. The van der Waals surface area contributed by atoms with Crippen LogP contribution >= 0.6 is 0 Å². The zero-order valence-corrected chi connectivity index (χ0v) is 10.5. The second kappa shape index (κ2) is 5.91. The molecule has 2 rings (SSSR count). The second-order valence-electron chi connectivity index (χ2n) is 3.78. The van der Waals surface area contributed by atoms with Gasteiger partial charge in [0.15, 0.2) is 11.5 Å². The lowest BCUT2D eigenvalue weighted by Gasteiger charge is -2.11. The molecule has 0 aliphatic carbocycles. The third kappa shape index (κ3) is 2.91. The summed E-state index contributed by atoms with van der Waals surface area (Å²) in [6.45, 7) is 0.726. The first-order valence-electron chi connectivity index (χ1n) is 5.68. The van der Waals surface area contributed by atoms with Crippen LogP contribution in [0.2, 0.25) is 0 Å². The molecule has 0 saturated carbocycles. The highest BCUT2D eigenvalue weighted by molar-refractivity contribution is 5.54. The van der Waals surface area contributed by atoms with Crippen LogP contribution in [-0.2, 0) is 6.54 Å². The zero-order chi connectivity index (χ0) is 12.8. The summed E-state index contributed by atoms with van der Waals surface area (Å²) in [6.07, 6.45) is 3.60. The Bertz CT molecular complexity index is 500. The average molecular weight is 244 g/mol. The van der Waals surface area contributed by atoms with Crippen LogP contribution in [0.3, 0.4) is 0 Å². The predicted molar refractivity (Wildman–Crippen MR) is 71.1 cm³/mol. The lowest BCUT2D eigenvalue weighted by Crippen LogP contribution is -2.00. The van der Waals surface area contributed by atoms with Gasteiger partial charge in [0, 0.05) is 30.7 Å². The molecule has 0 bridgehead atoms. The van der Waals surface area contributed by atoms with Crippen molar-refractivity contribution in [1.82, 2.24) is 4.98 Å². The predicted octanol–water partition coefficient (Wildman–Crippen LogP) is 2.71. The van der Waals surface area contributed by atoms with Crippen molar-refractivity contribution in [1.29, 1.82) is 0 Å². The van der Waals surface area contributed by atoms with Crippen LogP contribution in [0.5, 0.6) is 11.5 Å². The first kappa shape index (κ1) is 12.2. The van der Waals surface area contributed by atoms with Gasteiger partial charge >= 0.3 is 0 Å². The lowest BCUT2D eigenvalue weighted by atomic mass is 10.2. The SMILES string of the molecule is COc1ccc(NCc2cccnc2)cc1OC. The maximum absolute atomic E-state index is 5.25. The van der Waals surface area contributed by atoms with Gasteiger partial charge in [0.1, 0.15) is 0 Å². The van der Waals surface area contributed by atoms with E-state index in [1.807, 2.05) is 36.5 Å². The lowest BCUT2D eigenvalue weighted by molar-refractivity contribution is 0.355. The summed E-state index contributed by atoms with van der Waals surface area (Å²) < 4.78 is 10.4. The first-order valence-corrected chi connectivity index (χ1v) is 5.68. The van der Waals surface area contributed by atoms with E-state index in [2.05, 4.69) is 10.3 Å². The van der Waals surface area contributed by atoms with Crippen molar-refractivity contribution in [2.45, 2.75) is 6.54 Å². The molecule has 2 aromatic rings. The molecular weight excluding hydrogens is 228 g/mol. The normalized spacial score (nSPS) is 9.89. The van der Waals surface area contributed by atoms with Crippen LogP contribution in [0.15, 0.2) is 42.7 Å². The van der Waals surface area contributed by atoms with Gasteiger partial charge in [0.2, 0.25) is 0 Å². The molecule has 1 aromatic heterocycles. The van der Waals surface area contributed by atoms with E-state index in [1.54, 1.807) is 20.4 Å². The number of hydrogen-bond donors (Lipinski definition) is 1. The molecule has 0 aliphatic heterocycles. The molecule has 0 unspecified atom stereocenters. The van der Waals surface area contributed by atoms with Crippen molar-refractivity contribution in [3.8, 4) is 11.5 Å². The van der Waals surface area contributed by atoms with Gasteiger partial charge in [-0.15, -0.1) is 0 Å². The van der Waals surface area contributed by atoms with Crippen LogP contribution in [0.1, 0.15) is 5.56 Å². The number of anilines is 1. The van der Waals surface area contributed by atoms with Gasteiger partial charge < -0.3 is 14.8 Å². The Morgan fingerprint density at radius 2 is 1.94 bits per heavy atom. The minimum Gasteiger partial charge on any atom is -0.493 e. The fourth-order valence-corrected chi connectivity index (χ4v) is 1.65. The monoisotopic (exact) mass is 244 g/mol. The van der Waals surface area contributed by atoms with E-state index in [0.717, 1.165) is 23.5 Å². The highest BCUT2D eigenvalue weighted by Gasteiger charge is 2.04. The fourth-order valence-electron chi connectivity index (χ4n) is 1.65. The van der Waals surface area contributed by atoms with E-state index in [-0.39, 0.29) is 0 Å². The molecule has 0 amide bonds. The van der Waals surface area contributed by atoms with Gasteiger partial charge in [-0.2, -0.15) is 0 Å². The molecule has 94 valence electrons. The maximum Gasteiger partial charge on any atom is 0.162 e. The molecule has 0 spiro atoms. The maximum atomic E-state index is 5.25. The van der Waals surface area contributed by atoms with Gasteiger partial charge in [0.05, 0.1) is 14.2 Å². The Kier molecular flexibility index (Phi) is 4.02. The Hall–Kier alpha value is -2.23. The summed E-state index contributed by atoms with van der Waals surface area (Å²) in [5.74, 6) is 1.44. The largest absolute Gasteiger partial charge is 0.493 e. The quantitative estimate of drug-likeness (QED) is 0.878. The summed E-state index contributed by atoms with van der Waals surface area (Å²) in [5.41, 5.74) is 2.11. The molecule has 4 heteroatoms. The van der Waals surface area contributed by atoms with Gasteiger partial charge in [-0.1, -0.05) is 6.07 Å². The zero-order valence-electron chi connectivity index (χ0n) is 10.5. The molecular formula is C14H16N2O2. The van der Waals surface area contributed by atoms with Crippen molar-refractivity contribution >= 4 is 5.69 Å². The van der Waals surface area contributed by atoms with Crippen molar-refractivity contribution < 1.29 is 9.47 Å². The minimum absolute atomic E-state index is 0.716. The Balaban J connectivity index is 2.06. The molecule has 0 aliphatic rings. The third-order valence-corrected chi connectivity index (χ3v) is 2.60. The summed E-state index contributed by atoms with van der Waals surface area (Å²) in [4.78, 5) is 4.07. The van der Waals surface area contributed by atoms with E-state index in [1.165, 1.54) is 0 Å². The first-order chi connectivity index (χ1) is 8.83. The summed E-state index contributed by atoms with van der Waals surface area (Å²) in [6, 6.07) is 9.70. The van der Waals surface area contributed by atoms with Gasteiger partial charge in [-0.3, -0.25) is 4.98 Å². The highest BCUT2D eigenvalue weighted by Crippen LogP contribution is 2.29. The van der Waals surface area contributed by atoms with E-state index in [9.17, 15) is 0 Å². The Morgan fingerprint density at radius 1 is 1.11 bits per heavy atom. The molecule has 0 atom stereocenters. The number of ether oxygens (including phenoxy) is 2. The van der Waals surface area contributed by atoms with Crippen molar-refractivity contribution in [3.63, 3.8) is 0 Å². The molecule has 1 heterocycles. The van der Waals surface area contributed by atoms with Crippen molar-refractivity contribution in [2.24, 2.45) is 0 Å². The molecule has 1 aromatic carbocycles. The summed E-state index contributed by atoms with van der Waals surface area (Å²) in [5, 5.41) is 3.31. The number of aromatic nitrogens is 1. The third-order valence-electron chi connectivity index (χ3n) is 2.60. The number of benzene rings is 1.